The van der Waals surface area contributed by atoms with Gasteiger partial charge in [-0.15, -0.1) is 0 Å². The van der Waals surface area contributed by atoms with Gasteiger partial charge >= 0.3 is 0 Å². The number of likely N-dealkylation sites (tertiary alicyclic amines) is 1. The molecule has 1 aliphatic carbocycles. The number of nitrogens with zero attached hydrogens (tertiary/aromatic N) is 3. The van der Waals surface area contributed by atoms with Gasteiger partial charge in [0.1, 0.15) is 0 Å². The molecule has 1 aliphatic heterocycles. The summed E-state index contributed by atoms with van der Waals surface area (Å²) >= 11 is 0. The van der Waals surface area contributed by atoms with Crippen molar-refractivity contribution in [2.24, 2.45) is 24.8 Å². The van der Waals surface area contributed by atoms with Gasteiger partial charge in [0, 0.05) is 31.4 Å². The van der Waals surface area contributed by atoms with E-state index < -0.39 is 12.0 Å². The normalized spacial score (nSPS) is 26.4. The molecule has 1 saturated carbocycles. The molecule has 4 rings (SSSR count). The zero-order valence-electron chi connectivity index (χ0n) is 18.1. The quantitative estimate of drug-likeness (QED) is 0.753. The van der Waals surface area contributed by atoms with Crippen LogP contribution >= 0.6 is 0 Å². The van der Waals surface area contributed by atoms with Crippen molar-refractivity contribution in [1.82, 2.24) is 20.0 Å². The van der Waals surface area contributed by atoms with Gasteiger partial charge in [0.2, 0.25) is 12.3 Å². The van der Waals surface area contributed by atoms with Gasteiger partial charge in [-0.05, 0) is 52.0 Å². The third kappa shape index (κ3) is 3.79. The number of ether oxygens (including phenoxy) is 1. The number of amides is 1. The highest BCUT2D eigenvalue weighted by Gasteiger charge is 2.60. The number of rotatable bonds is 5. The van der Waals surface area contributed by atoms with Crippen molar-refractivity contribution in [2.45, 2.75) is 52.7 Å². The second kappa shape index (κ2) is 7.07. The molecule has 2 N–H and O–H groups in total. The van der Waals surface area contributed by atoms with E-state index in [1.54, 1.807) is 0 Å². The van der Waals surface area contributed by atoms with Crippen LogP contribution < -0.4 is 5.32 Å². The number of hydrogen-bond acceptors (Lipinski definition) is 5. The summed E-state index contributed by atoms with van der Waals surface area (Å²) in [7, 11) is 1.94. The van der Waals surface area contributed by atoms with Crippen LogP contribution in [-0.4, -0.2) is 50.8 Å². The number of carbonyl (C=O) groups is 1. The molecule has 158 valence electrons. The Bertz CT molecular complexity index is 920. The fourth-order valence-corrected chi connectivity index (χ4v) is 4.78. The van der Waals surface area contributed by atoms with E-state index in [4.69, 9.17) is 4.74 Å². The maximum Gasteiger partial charge on any atom is 0.224 e. The minimum absolute atomic E-state index is 0.0206. The Morgan fingerprint density at radius 1 is 1.31 bits per heavy atom. The lowest BCUT2D eigenvalue weighted by molar-refractivity contribution is -0.236. The van der Waals surface area contributed by atoms with Crippen LogP contribution in [0.4, 0.5) is 0 Å². The van der Waals surface area contributed by atoms with Crippen molar-refractivity contribution in [3.8, 4) is 0 Å². The summed E-state index contributed by atoms with van der Waals surface area (Å²) in [6.45, 7) is 11.2. The maximum absolute atomic E-state index is 12.9. The third-order valence-electron chi connectivity index (χ3n) is 6.16. The molecule has 3 unspecified atom stereocenters. The first-order valence-corrected chi connectivity index (χ1v) is 10.4. The predicted octanol–water partition coefficient (Wildman–Crippen LogP) is 2.33. The summed E-state index contributed by atoms with van der Waals surface area (Å²) in [5.41, 5.74) is 2.79. The lowest BCUT2D eigenvalue weighted by atomic mass is 10.1. The number of aromatic nitrogens is 2. The van der Waals surface area contributed by atoms with Gasteiger partial charge < -0.3 is 15.2 Å². The van der Waals surface area contributed by atoms with Crippen molar-refractivity contribution in [3.05, 3.63) is 29.5 Å². The van der Waals surface area contributed by atoms with Crippen molar-refractivity contribution < 1.29 is 14.6 Å². The number of fused-ring (bicyclic) bond motifs is 2. The number of aliphatic hydroxyl groups is 1. The summed E-state index contributed by atoms with van der Waals surface area (Å²) in [6, 6.07) is 6.02. The van der Waals surface area contributed by atoms with Gasteiger partial charge in [0.25, 0.3) is 0 Å². The van der Waals surface area contributed by atoms with Gasteiger partial charge in [-0.25, -0.2) is 0 Å². The number of nitrogens with one attached hydrogen (secondary N) is 1. The van der Waals surface area contributed by atoms with E-state index in [-0.39, 0.29) is 17.9 Å². The van der Waals surface area contributed by atoms with Crippen molar-refractivity contribution in [1.29, 1.82) is 0 Å². The molecular weight excluding hydrogens is 368 g/mol. The van der Waals surface area contributed by atoms with Gasteiger partial charge in [0.15, 0.2) is 0 Å². The van der Waals surface area contributed by atoms with Crippen LogP contribution in [-0.2, 0) is 16.6 Å². The smallest absolute Gasteiger partial charge is 0.224 e. The lowest BCUT2D eigenvalue weighted by Gasteiger charge is -2.31. The summed E-state index contributed by atoms with van der Waals surface area (Å²) in [5.74, 6) is 0.698. The molecule has 7 heteroatoms. The highest BCUT2D eigenvalue weighted by molar-refractivity contribution is 5.87. The first-order chi connectivity index (χ1) is 13.6. The first kappa shape index (κ1) is 20.3. The number of aliphatic hydroxyl groups excluding tert-OH is 1. The summed E-state index contributed by atoms with van der Waals surface area (Å²) in [5, 5.41) is 19.2. The van der Waals surface area contributed by atoms with Gasteiger partial charge in [-0.3, -0.25) is 14.4 Å². The van der Waals surface area contributed by atoms with E-state index in [2.05, 4.69) is 29.5 Å². The van der Waals surface area contributed by atoms with Crippen LogP contribution in [0.15, 0.2) is 18.2 Å². The standard InChI is InChI=1S/C22H32N4O3/c1-12-8-7-9-14-18(24-25(6)19(12)14)13(2)23-20(27)17-15-10-26(11-16(15)17)21(28)29-22(3,4)5/h7-9,13,15-17,21,28H,10-11H2,1-6H3,(H,23,27)/t13?,15-,16+,17?,21?. The van der Waals surface area contributed by atoms with E-state index in [0.717, 1.165) is 16.6 Å². The zero-order valence-corrected chi connectivity index (χ0v) is 18.1. The van der Waals surface area contributed by atoms with Crippen LogP contribution in [0.25, 0.3) is 10.9 Å². The monoisotopic (exact) mass is 400 g/mol. The van der Waals surface area contributed by atoms with Crippen LogP contribution in [0.3, 0.4) is 0 Å². The molecule has 2 heterocycles. The zero-order chi connectivity index (χ0) is 21.1. The molecule has 2 fully saturated rings. The highest BCUT2D eigenvalue weighted by atomic mass is 16.6. The molecular formula is C22H32N4O3. The highest BCUT2D eigenvalue weighted by Crippen LogP contribution is 2.52. The molecule has 5 atom stereocenters. The average Bonchev–Trinajstić information content (AvgIpc) is 2.95. The predicted molar refractivity (Wildman–Crippen MR) is 111 cm³/mol. The summed E-state index contributed by atoms with van der Waals surface area (Å²) in [6.07, 6.45) is -0.909. The van der Waals surface area contributed by atoms with Crippen LogP contribution in [0.5, 0.6) is 0 Å². The second-order valence-corrected chi connectivity index (χ2v) is 9.57. The minimum atomic E-state index is -0.909. The Morgan fingerprint density at radius 2 is 1.97 bits per heavy atom. The van der Waals surface area contributed by atoms with E-state index in [1.807, 2.05) is 50.4 Å². The second-order valence-electron chi connectivity index (χ2n) is 9.57. The van der Waals surface area contributed by atoms with Gasteiger partial charge in [0.05, 0.1) is 22.9 Å². The largest absolute Gasteiger partial charge is 0.356 e. The van der Waals surface area contributed by atoms with Crippen molar-refractivity contribution >= 4 is 16.8 Å². The van der Waals surface area contributed by atoms with E-state index >= 15 is 0 Å². The Labute approximate surface area is 172 Å². The van der Waals surface area contributed by atoms with E-state index in [0.29, 0.717) is 24.9 Å². The molecule has 29 heavy (non-hydrogen) atoms. The topological polar surface area (TPSA) is 79.6 Å². The fraction of sp³-hybridized carbons (Fsp3) is 0.636. The fourth-order valence-electron chi connectivity index (χ4n) is 4.78. The number of piperidine rings is 1. The minimum Gasteiger partial charge on any atom is -0.356 e. The van der Waals surface area contributed by atoms with Crippen LogP contribution in [0.2, 0.25) is 0 Å². The number of para-hydroxylation sites is 1. The molecule has 1 aromatic heterocycles. The number of aryl methyl sites for hydroxylation is 2. The third-order valence-corrected chi connectivity index (χ3v) is 6.16. The van der Waals surface area contributed by atoms with Crippen molar-refractivity contribution in [2.75, 3.05) is 13.1 Å². The Kier molecular flexibility index (Phi) is 4.96. The molecule has 2 aliphatic rings. The molecule has 0 spiro atoms. The Morgan fingerprint density at radius 3 is 2.59 bits per heavy atom. The number of benzene rings is 1. The van der Waals surface area contributed by atoms with Crippen molar-refractivity contribution in [3.63, 3.8) is 0 Å². The van der Waals surface area contributed by atoms with Gasteiger partial charge in [-0.1, -0.05) is 18.2 Å². The lowest BCUT2D eigenvalue weighted by Crippen LogP contribution is -2.43. The van der Waals surface area contributed by atoms with E-state index in [9.17, 15) is 9.90 Å². The van der Waals surface area contributed by atoms with Gasteiger partial charge in [-0.2, -0.15) is 5.10 Å². The average molecular weight is 401 g/mol. The molecule has 0 bridgehead atoms. The molecule has 7 nitrogen and oxygen atoms in total. The molecule has 1 aromatic carbocycles. The van der Waals surface area contributed by atoms with E-state index in [1.165, 1.54) is 5.56 Å². The summed E-state index contributed by atoms with van der Waals surface area (Å²) in [4.78, 5) is 14.8. The Hall–Kier alpha value is -1.96. The van der Waals surface area contributed by atoms with Crippen LogP contribution in [0, 0.1) is 24.7 Å². The number of hydrogen-bond donors (Lipinski definition) is 2. The van der Waals surface area contributed by atoms with Crippen LogP contribution in [0.1, 0.15) is 45.0 Å². The molecule has 0 radical (unpaired) electrons. The Balaban J connectivity index is 1.37. The molecule has 1 saturated heterocycles. The maximum atomic E-state index is 12.9. The number of carbonyl (C=O) groups excluding carboxylic acids is 1. The summed E-state index contributed by atoms with van der Waals surface area (Å²) < 4.78 is 7.52. The molecule has 2 aromatic rings. The SMILES string of the molecule is Cc1cccc2c(C(C)NC(=O)C3[C@H]4CN(C(O)OC(C)(C)C)C[C@@H]34)nn(C)c12. The first-order valence-electron chi connectivity index (χ1n) is 10.4. The molecule has 1 amide bonds.